The molecule has 6 heteroatoms. The summed E-state index contributed by atoms with van der Waals surface area (Å²) in [5, 5.41) is 0.639. The van der Waals surface area contributed by atoms with Gasteiger partial charge in [-0.1, -0.05) is 33.9 Å². The standard InChI is InChI=1S/C6H16Si.C3H7O3S.Li/c1-6(2,3)7(4)5;1-2-3-7(4,5)6;/h7H,1-5H3;1-3H2,(H,4,5,6);/q;-1;+1. The van der Waals surface area contributed by atoms with Crippen molar-refractivity contribution in [3.8, 4) is 0 Å². The van der Waals surface area contributed by atoms with Crippen LogP contribution in [0, 0.1) is 6.92 Å². The van der Waals surface area contributed by atoms with Crippen molar-refractivity contribution in [2.24, 2.45) is 0 Å². The van der Waals surface area contributed by atoms with Crippen molar-refractivity contribution in [2.75, 3.05) is 5.75 Å². The smallest absolute Gasteiger partial charge is 0.342 e. The molecule has 0 bridgehead atoms. The van der Waals surface area contributed by atoms with Crippen molar-refractivity contribution in [3.05, 3.63) is 6.92 Å². The second-order valence-electron chi connectivity index (χ2n) is 4.66. The van der Waals surface area contributed by atoms with Crippen molar-refractivity contribution in [1.29, 1.82) is 0 Å². The third kappa shape index (κ3) is 20.7. The molecular formula is C9H23LiO3SSi. The zero-order valence-electron chi connectivity index (χ0n) is 10.9. The minimum absolute atomic E-state index is 0. The van der Waals surface area contributed by atoms with Crippen molar-refractivity contribution in [2.45, 2.75) is 45.3 Å². The quantitative estimate of drug-likeness (QED) is 0.401. The Morgan fingerprint density at radius 1 is 1.27 bits per heavy atom. The molecule has 0 amide bonds. The van der Waals surface area contributed by atoms with Crippen LogP contribution in [0.4, 0.5) is 0 Å². The predicted molar refractivity (Wildman–Crippen MR) is 65.0 cm³/mol. The Morgan fingerprint density at radius 3 is 1.53 bits per heavy atom. The van der Waals surface area contributed by atoms with Crippen LogP contribution in [0.1, 0.15) is 27.2 Å². The van der Waals surface area contributed by atoms with Crippen LogP contribution in [0.25, 0.3) is 0 Å². The number of rotatable bonds is 2. The Hall–Kier alpha value is 0.724. The van der Waals surface area contributed by atoms with E-state index in [-0.39, 0.29) is 39.8 Å². The third-order valence-corrected chi connectivity index (χ3v) is 6.40. The predicted octanol–water partition coefficient (Wildman–Crippen LogP) is -0.624. The average Bonchev–Trinajstić information content (AvgIpc) is 1.82. The first kappa shape index (κ1) is 21.1. The third-order valence-electron chi connectivity index (χ3n) is 2.13. The maximum Gasteiger partial charge on any atom is 1.00 e. The van der Waals surface area contributed by atoms with Crippen LogP contribution < -0.4 is 18.9 Å². The topological polar surface area (TPSA) is 54.4 Å². The van der Waals surface area contributed by atoms with E-state index in [2.05, 4.69) is 40.8 Å². The molecule has 0 fully saturated rings. The van der Waals surface area contributed by atoms with Gasteiger partial charge in [0.15, 0.2) is 0 Å². The molecule has 0 atom stereocenters. The summed E-state index contributed by atoms with van der Waals surface area (Å²) < 4.78 is 27.4. The van der Waals surface area contributed by atoms with Crippen molar-refractivity contribution < 1.29 is 31.8 Å². The fourth-order valence-corrected chi connectivity index (χ4v) is 0.547. The second kappa shape index (κ2) is 8.83. The molecule has 1 N–H and O–H groups in total. The molecule has 0 aliphatic rings. The van der Waals surface area contributed by atoms with E-state index >= 15 is 0 Å². The molecule has 0 saturated carbocycles. The Kier molecular flexibility index (Phi) is 12.4. The van der Waals surface area contributed by atoms with E-state index in [1.165, 1.54) is 0 Å². The number of hydrogen-bond acceptors (Lipinski definition) is 2. The summed E-state index contributed by atoms with van der Waals surface area (Å²) in [4.78, 5) is 0. The van der Waals surface area contributed by atoms with Crippen LogP contribution in [-0.2, 0) is 10.1 Å². The molecule has 0 unspecified atom stereocenters. The molecule has 0 heterocycles. The number of hydrogen-bond donors (Lipinski definition) is 1. The first-order valence-corrected chi connectivity index (χ1v) is 9.24. The second-order valence-corrected chi connectivity index (χ2v) is 10.3. The van der Waals surface area contributed by atoms with Gasteiger partial charge in [-0.2, -0.15) is 14.8 Å². The van der Waals surface area contributed by atoms with Gasteiger partial charge in [-0.05, 0) is 5.04 Å². The van der Waals surface area contributed by atoms with Gasteiger partial charge in [-0.3, -0.25) is 4.55 Å². The van der Waals surface area contributed by atoms with Gasteiger partial charge in [0.05, 0.1) is 0 Å². The fourth-order valence-electron chi connectivity index (χ4n) is 0.182. The molecule has 0 aromatic rings. The van der Waals surface area contributed by atoms with E-state index < -0.39 is 10.1 Å². The minimum Gasteiger partial charge on any atom is -0.342 e. The summed E-state index contributed by atoms with van der Waals surface area (Å²) in [6, 6.07) is 0. The summed E-state index contributed by atoms with van der Waals surface area (Å²) in [6.45, 7) is 15.0. The van der Waals surface area contributed by atoms with Crippen LogP contribution in [0.5, 0.6) is 0 Å². The normalized spacial score (nSPS) is 11.5. The summed E-state index contributed by atoms with van der Waals surface area (Å²) in [5.41, 5.74) is 0. The first-order valence-electron chi connectivity index (χ1n) is 4.75. The zero-order chi connectivity index (χ0) is 12.0. The van der Waals surface area contributed by atoms with E-state index in [4.69, 9.17) is 4.55 Å². The maximum absolute atomic E-state index is 9.75. The average molecular weight is 246 g/mol. The molecule has 0 radical (unpaired) electrons. The van der Waals surface area contributed by atoms with Crippen LogP contribution in [0.15, 0.2) is 0 Å². The molecule has 0 saturated heterocycles. The molecule has 88 valence electrons. The van der Waals surface area contributed by atoms with Gasteiger partial charge in [-0.15, -0.1) is 0 Å². The van der Waals surface area contributed by atoms with Crippen molar-refractivity contribution in [1.82, 2.24) is 0 Å². The summed E-state index contributed by atoms with van der Waals surface area (Å²) >= 11 is 0. The largest absolute Gasteiger partial charge is 1.00 e. The summed E-state index contributed by atoms with van der Waals surface area (Å²) in [6.07, 6.45) is 0.221. The minimum atomic E-state index is -3.74. The Balaban J connectivity index is -0.000000180. The molecule has 0 aliphatic carbocycles. The van der Waals surface area contributed by atoms with E-state index in [0.29, 0.717) is 5.04 Å². The van der Waals surface area contributed by atoms with E-state index in [1.807, 2.05) is 0 Å². The van der Waals surface area contributed by atoms with Gasteiger partial charge < -0.3 is 6.92 Å². The van der Waals surface area contributed by atoms with Crippen LogP contribution in [0.2, 0.25) is 18.1 Å². The van der Waals surface area contributed by atoms with Crippen LogP contribution in [-0.4, -0.2) is 27.5 Å². The Bertz CT molecular complexity index is 232. The van der Waals surface area contributed by atoms with Gasteiger partial charge in [0.25, 0.3) is 10.1 Å². The van der Waals surface area contributed by atoms with Crippen molar-refractivity contribution in [3.63, 3.8) is 0 Å². The van der Waals surface area contributed by atoms with Gasteiger partial charge in [0.1, 0.15) is 0 Å². The Labute approximate surface area is 109 Å². The molecular weight excluding hydrogens is 223 g/mol. The van der Waals surface area contributed by atoms with Gasteiger partial charge in [-0.25, -0.2) is 0 Å². The van der Waals surface area contributed by atoms with E-state index in [9.17, 15) is 8.42 Å². The maximum atomic E-state index is 9.75. The zero-order valence-corrected chi connectivity index (χ0v) is 12.8. The molecule has 3 nitrogen and oxygen atoms in total. The molecule has 0 aromatic heterocycles. The van der Waals surface area contributed by atoms with Crippen LogP contribution in [0.3, 0.4) is 0 Å². The van der Waals surface area contributed by atoms with E-state index in [0.717, 1.165) is 0 Å². The molecule has 0 rings (SSSR count). The summed E-state index contributed by atoms with van der Waals surface area (Å²) in [5.74, 6) is -0.243. The SMILES string of the molecule is C[SiH](C)C(C)(C)C.[CH2-]CCS(=O)(=O)O.[Li+]. The molecule has 15 heavy (non-hydrogen) atoms. The van der Waals surface area contributed by atoms with E-state index in [1.54, 1.807) is 0 Å². The summed E-state index contributed by atoms with van der Waals surface area (Å²) in [7, 11) is -4.10. The molecule has 0 aromatic carbocycles. The van der Waals surface area contributed by atoms with Gasteiger partial charge in [0, 0.05) is 14.5 Å². The van der Waals surface area contributed by atoms with Crippen LogP contribution >= 0.6 is 0 Å². The fraction of sp³-hybridized carbons (Fsp3) is 0.889. The molecule has 0 aliphatic heterocycles. The molecule has 0 spiro atoms. The van der Waals surface area contributed by atoms with Crippen molar-refractivity contribution >= 4 is 18.9 Å². The first-order chi connectivity index (χ1) is 6.00. The monoisotopic (exact) mass is 246 g/mol. The van der Waals surface area contributed by atoms with Gasteiger partial charge >= 0.3 is 18.9 Å². The van der Waals surface area contributed by atoms with Gasteiger partial charge in [0.2, 0.25) is 0 Å². The Morgan fingerprint density at radius 2 is 1.53 bits per heavy atom.